The highest BCUT2D eigenvalue weighted by atomic mass is 32.2. The number of hydrogen-bond acceptors (Lipinski definition) is 4. The quantitative estimate of drug-likeness (QED) is 0.857. The lowest BCUT2D eigenvalue weighted by Crippen LogP contribution is -2.13. The standard InChI is InChI=1S/C14H17N3O3S/c1-4-13-14(9-17(3)15-13)16-21(19,20)12-7-5-11(6-8-12)10(2)18/h5-9,16H,4H2,1-3H3. The van der Waals surface area contributed by atoms with Gasteiger partial charge in [-0.2, -0.15) is 5.10 Å². The van der Waals surface area contributed by atoms with E-state index in [1.807, 2.05) is 6.92 Å². The monoisotopic (exact) mass is 307 g/mol. The molecular formula is C14H17N3O3S. The van der Waals surface area contributed by atoms with E-state index in [0.29, 0.717) is 23.4 Å². The molecule has 7 heteroatoms. The molecule has 21 heavy (non-hydrogen) atoms. The average molecular weight is 307 g/mol. The third-order valence-corrected chi connectivity index (χ3v) is 4.44. The normalized spacial score (nSPS) is 11.4. The topological polar surface area (TPSA) is 81.1 Å². The number of carbonyl (C=O) groups is 1. The molecule has 2 aromatic rings. The van der Waals surface area contributed by atoms with Crippen LogP contribution in [0.5, 0.6) is 0 Å². The van der Waals surface area contributed by atoms with E-state index in [9.17, 15) is 13.2 Å². The molecule has 2 rings (SSSR count). The zero-order valence-corrected chi connectivity index (χ0v) is 12.9. The highest BCUT2D eigenvalue weighted by Gasteiger charge is 2.17. The Morgan fingerprint density at radius 1 is 1.29 bits per heavy atom. The largest absolute Gasteiger partial charge is 0.295 e. The van der Waals surface area contributed by atoms with Gasteiger partial charge in [0.25, 0.3) is 10.0 Å². The minimum absolute atomic E-state index is 0.104. The van der Waals surface area contributed by atoms with Crippen LogP contribution in [0.25, 0.3) is 0 Å². The Labute approximate surface area is 123 Å². The van der Waals surface area contributed by atoms with Crippen molar-refractivity contribution < 1.29 is 13.2 Å². The van der Waals surface area contributed by atoms with Crippen molar-refractivity contribution in [2.75, 3.05) is 4.72 Å². The maximum Gasteiger partial charge on any atom is 0.262 e. The fraction of sp³-hybridized carbons (Fsp3) is 0.286. The molecule has 0 unspecified atom stereocenters. The molecule has 0 fully saturated rings. The Balaban J connectivity index is 2.31. The summed E-state index contributed by atoms with van der Waals surface area (Å²) in [5.74, 6) is -0.104. The maximum absolute atomic E-state index is 12.3. The Kier molecular flexibility index (Phi) is 4.13. The van der Waals surface area contributed by atoms with E-state index in [-0.39, 0.29) is 10.7 Å². The predicted molar refractivity (Wildman–Crippen MR) is 79.8 cm³/mol. The van der Waals surface area contributed by atoms with Crippen LogP contribution in [0.4, 0.5) is 5.69 Å². The summed E-state index contributed by atoms with van der Waals surface area (Å²) < 4.78 is 28.7. The van der Waals surface area contributed by atoms with E-state index in [2.05, 4.69) is 9.82 Å². The second-order valence-corrected chi connectivity index (χ2v) is 6.39. The highest BCUT2D eigenvalue weighted by Crippen LogP contribution is 2.20. The predicted octanol–water partition coefficient (Wildman–Crippen LogP) is 1.99. The number of rotatable bonds is 5. The van der Waals surface area contributed by atoms with Crippen molar-refractivity contribution in [1.29, 1.82) is 0 Å². The molecule has 1 N–H and O–H groups in total. The number of nitrogens with one attached hydrogen (secondary N) is 1. The van der Waals surface area contributed by atoms with Gasteiger partial charge in [-0.05, 0) is 25.5 Å². The molecule has 0 aliphatic heterocycles. The molecule has 0 aliphatic rings. The number of carbonyl (C=O) groups excluding carboxylic acids is 1. The fourth-order valence-electron chi connectivity index (χ4n) is 1.95. The molecule has 1 heterocycles. The second-order valence-electron chi connectivity index (χ2n) is 4.70. The summed E-state index contributed by atoms with van der Waals surface area (Å²) in [5, 5.41) is 4.19. The first kappa shape index (κ1) is 15.2. The van der Waals surface area contributed by atoms with E-state index < -0.39 is 10.0 Å². The number of ketones is 1. The molecule has 6 nitrogen and oxygen atoms in total. The molecule has 0 saturated heterocycles. The number of aryl methyl sites for hydroxylation is 2. The van der Waals surface area contributed by atoms with Crippen molar-refractivity contribution in [3.05, 3.63) is 41.7 Å². The lowest BCUT2D eigenvalue weighted by molar-refractivity contribution is 0.101. The molecule has 1 aromatic carbocycles. The lowest BCUT2D eigenvalue weighted by atomic mass is 10.2. The van der Waals surface area contributed by atoms with Crippen molar-refractivity contribution in [2.45, 2.75) is 25.2 Å². The molecular weight excluding hydrogens is 290 g/mol. The van der Waals surface area contributed by atoms with Crippen molar-refractivity contribution in [2.24, 2.45) is 7.05 Å². The molecule has 0 amide bonds. The van der Waals surface area contributed by atoms with Crippen LogP contribution in [0.3, 0.4) is 0 Å². The van der Waals surface area contributed by atoms with Crippen molar-refractivity contribution >= 4 is 21.5 Å². The molecule has 0 atom stereocenters. The summed E-state index contributed by atoms with van der Waals surface area (Å²) in [6.07, 6.45) is 2.25. The van der Waals surface area contributed by atoms with Crippen LogP contribution in [0.2, 0.25) is 0 Å². The summed E-state index contributed by atoms with van der Waals surface area (Å²) in [6, 6.07) is 5.84. The minimum Gasteiger partial charge on any atom is -0.295 e. The van der Waals surface area contributed by atoms with E-state index in [1.165, 1.54) is 31.2 Å². The van der Waals surface area contributed by atoms with E-state index in [4.69, 9.17) is 0 Å². The molecule has 0 saturated carbocycles. The van der Waals surface area contributed by atoms with Crippen LogP contribution < -0.4 is 4.72 Å². The smallest absolute Gasteiger partial charge is 0.262 e. The number of hydrogen-bond donors (Lipinski definition) is 1. The minimum atomic E-state index is -3.69. The van der Waals surface area contributed by atoms with Crippen LogP contribution in [0, 0.1) is 0 Å². The Morgan fingerprint density at radius 2 is 1.90 bits per heavy atom. The van der Waals surface area contributed by atoms with Gasteiger partial charge >= 0.3 is 0 Å². The molecule has 1 aromatic heterocycles. The zero-order chi connectivity index (χ0) is 15.6. The van der Waals surface area contributed by atoms with Gasteiger partial charge in [0.2, 0.25) is 0 Å². The number of nitrogens with zero attached hydrogens (tertiary/aromatic N) is 2. The van der Waals surface area contributed by atoms with Gasteiger partial charge < -0.3 is 0 Å². The summed E-state index contributed by atoms with van der Waals surface area (Å²) in [4.78, 5) is 11.3. The first-order chi connectivity index (χ1) is 9.83. The van der Waals surface area contributed by atoms with Gasteiger partial charge in [-0.15, -0.1) is 0 Å². The third kappa shape index (κ3) is 3.30. The Morgan fingerprint density at radius 3 is 2.43 bits per heavy atom. The molecule has 0 spiro atoms. The average Bonchev–Trinajstić information content (AvgIpc) is 2.78. The fourth-order valence-corrected chi connectivity index (χ4v) is 3.03. The molecule has 112 valence electrons. The van der Waals surface area contributed by atoms with Crippen LogP contribution in [-0.2, 0) is 23.5 Å². The van der Waals surface area contributed by atoms with Gasteiger partial charge in [-0.3, -0.25) is 14.2 Å². The molecule has 0 aliphatic carbocycles. The number of aromatic nitrogens is 2. The summed E-state index contributed by atoms with van der Waals surface area (Å²) >= 11 is 0. The van der Waals surface area contributed by atoms with E-state index >= 15 is 0 Å². The lowest BCUT2D eigenvalue weighted by Gasteiger charge is -2.07. The van der Waals surface area contributed by atoms with E-state index in [1.54, 1.807) is 17.9 Å². The first-order valence-electron chi connectivity index (χ1n) is 6.50. The first-order valence-corrected chi connectivity index (χ1v) is 7.98. The highest BCUT2D eigenvalue weighted by molar-refractivity contribution is 7.92. The van der Waals surface area contributed by atoms with Crippen molar-refractivity contribution in [1.82, 2.24) is 9.78 Å². The van der Waals surface area contributed by atoms with E-state index in [0.717, 1.165) is 0 Å². The van der Waals surface area contributed by atoms with Crippen LogP contribution in [-0.4, -0.2) is 24.0 Å². The van der Waals surface area contributed by atoms with Crippen LogP contribution in [0.1, 0.15) is 29.9 Å². The van der Waals surface area contributed by atoms with Gasteiger partial charge in [-0.25, -0.2) is 8.42 Å². The number of anilines is 1. The van der Waals surface area contributed by atoms with Crippen molar-refractivity contribution in [3.8, 4) is 0 Å². The molecule has 0 bridgehead atoms. The third-order valence-electron chi connectivity index (χ3n) is 3.06. The number of Topliss-reactive ketones (excluding diaryl/α,β-unsaturated/α-hetero) is 1. The van der Waals surface area contributed by atoms with Crippen LogP contribution >= 0.6 is 0 Å². The van der Waals surface area contributed by atoms with Gasteiger partial charge in [0, 0.05) is 18.8 Å². The SMILES string of the molecule is CCc1nn(C)cc1NS(=O)(=O)c1ccc(C(C)=O)cc1. The van der Waals surface area contributed by atoms with Gasteiger partial charge in [0.15, 0.2) is 5.78 Å². The molecule has 0 radical (unpaired) electrons. The number of sulfonamides is 1. The maximum atomic E-state index is 12.3. The van der Waals surface area contributed by atoms with Crippen molar-refractivity contribution in [3.63, 3.8) is 0 Å². The number of benzene rings is 1. The zero-order valence-electron chi connectivity index (χ0n) is 12.1. The van der Waals surface area contributed by atoms with Gasteiger partial charge in [-0.1, -0.05) is 19.1 Å². The van der Waals surface area contributed by atoms with Gasteiger partial charge in [0.05, 0.1) is 16.3 Å². The summed E-state index contributed by atoms with van der Waals surface area (Å²) in [5.41, 5.74) is 1.63. The summed E-state index contributed by atoms with van der Waals surface area (Å²) in [6.45, 7) is 3.34. The van der Waals surface area contributed by atoms with Crippen LogP contribution in [0.15, 0.2) is 35.4 Å². The van der Waals surface area contributed by atoms with Gasteiger partial charge in [0.1, 0.15) is 0 Å². The Bertz CT molecular complexity index is 761. The Hall–Kier alpha value is -2.15. The second kappa shape index (κ2) is 5.69. The summed E-state index contributed by atoms with van der Waals surface area (Å²) in [7, 11) is -1.95.